The van der Waals surface area contributed by atoms with E-state index in [1.54, 1.807) is 24.2 Å². The lowest BCUT2D eigenvalue weighted by molar-refractivity contribution is -0.140. The van der Waals surface area contributed by atoms with E-state index >= 15 is 0 Å². The molecule has 0 saturated heterocycles. The summed E-state index contributed by atoms with van der Waals surface area (Å²) in [5, 5.41) is 0.283. The Kier molecular flexibility index (Phi) is 5.18. The molecule has 0 fully saturated rings. The molecule has 1 rings (SSSR count). The molecule has 0 aliphatic carbocycles. The highest BCUT2D eigenvalue weighted by molar-refractivity contribution is 7.99. The van der Waals surface area contributed by atoms with Gasteiger partial charge in [-0.25, -0.2) is 0 Å². The molecule has 1 aromatic heterocycles. The maximum atomic E-state index is 11.0. The highest BCUT2D eigenvalue weighted by Gasteiger charge is 2.09. The van der Waals surface area contributed by atoms with E-state index in [0.717, 1.165) is 5.75 Å². The summed E-state index contributed by atoms with van der Waals surface area (Å²) in [4.78, 5) is 14.9. The number of carbonyl (C=O) groups excluding carboxylic acids is 1. The first-order valence-electron chi connectivity index (χ1n) is 4.79. The molecular formula is C11H15NO2S. The average molecular weight is 225 g/mol. The first-order valence-corrected chi connectivity index (χ1v) is 5.84. The van der Waals surface area contributed by atoms with Crippen LogP contribution in [0.15, 0.2) is 24.5 Å². The number of esters is 1. The zero-order valence-electron chi connectivity index (χ0n) is 8.97. The topological polar surface area (TPSA) is 39.2 Å². The predicted octanol–water partition coefficient (Wildman–Crippen LogP) is 2.27. The molecule has 0 bridgehead atoms. The fourth-order valence-electron chi connectivity index (χ4n) is 1.09. The predicted molar refractivity (Wildman–Crippen MR) is 61.6 cm³/mol. The van der Waals surface area contributed by atoms with Gasteiger partial charge in [-0.1, -0.05) is 6.92 Å². The van der Waals surface area contributed by atoms with Crippen LogP contribution in [0.4, 0.5) is 0 Å². The van der Waals surface area contributed by atoms with Gasteiger partial charge in [0.25, 0.3) is 0 Å². The van der Waals surface area contributed by atoms with Gasteiger partial charge in [0.1, 0.15) is 0 Å². The molecule has 0 N–H and O–H groups in total. The van der Waals surface area contributed by atoms with Crippen LogP contribution in [-0.4, -0.2) is 23.3 Å². The van der Waals surface area contributed by atoms with Crippen LogP contribution >= 0.6 is 11.8 Å². The summed E-state index contributed by atoms with van der Waals surface area (Å²) < 4.78 is 4.61. The third-order valence-electron chi connectivity index (χ3n) is 1.97. The number of pyridine rings is 1. The van der Waals surface area contributed by atoms with Crippen molar-refractivity contribution in [3.8, 4) is 0 Å². The molecule has 0 saturated carbocycles. The normalized spacial score (nSPS) is 12.1. The summed E-state index contributed by atoms with van der Waals surface area (Å²) in [6.07, 6.45) is 4.02. The minimum Gasteiger partial charge on any atom is -0.469 e. The van der Waals surface area contributed by atoms with Crippen LogP contribution in [0.2, 0.25) is 0 Å². The minimum atomic E-state index is -0.148. The molecular weight excluding hydrogens is 210 g/mol. The molecule has 1 heterocycles. The van der Waals surface area contributed by atoms with E-state index in [9.17, 15) is 4.79 Å². The molecule has 1 unspecified atom stereocenters. The zero-order valence-corrected chi connectivity index (χ0v) is 9.79. The highest BCUT2D eigenvalue weighted by atomic mass is 32.2. The molecule has 0 aliphatic heterocycles. The number of carbonyl (C=O) groups is 1. The van der Waals surface area contributed by atoms with Gasteiger partial charge < -0.3 is 4.74 Å². The molecule has 0 spiro atoms. The van der Waals surface area contributed by atoms with Gasteiger partial charge in [0.05, 0.1) is 13.5 Å². The van der Waals surface area contributed by atoms with Gasteiger partial charge in [0.2, 0.25) is 0 Å². The average Bonchev–Trinajstić information content (AvgIpc) is 2.27. The molecule has 15 heavy (non-hydrogen) atoms. The van der Waals surface area contributed by atoms with Gasteiger partial charge in [-0.2, -0.15) is 11.8 Å². The summed E-state index contributed by atoms with van der Waals surface area (Å²) in [5.41, 5.74) is 1.23. The molecule has 0 aliphatic rings. The lowest BCUT2D eigenvalue weighted by atomic mass is 10.3. The SMILES string of the molecule is COC(=O)CC(C)SCc1ccncc1. The number of hydrogen-bond donors (Lipinski definition) is 0. The van der Waals surface area contributed by atoms with Gasteiger partial charge in [0, 0.05) is 23.4 Å². The van der Waals surface area contributed by atoms with Crippen LogP contribution in [0.1, 0.15) is 18.9 Å². The second kappa shape index (κ2) is 6.45. The van der Waals surface area contributed by atoms with Crippen molar-refractivity contribution in [1.82, 2.24) is 4.98 Å². The van der Waals surface area contributed by atoms with Crippen molar-refractivity contribution in [3.63, 3.8) is 0 Å². The van der Waals surface area contributed by atoms with E-state index in [0.29, 0.717) is 6.42 Å². The fraction of sp³-hybridized carbons (Fsp3) is 0.455. The van der Waals surface area contributed by atoms with E-state index in [1.807, 2.05) is 19.1 Å². The van der Waals surface area contributed by atoms with Crippen LogP contribution in [0.25, 0.3) is 0 Å². The van der Waals surface area contributed by atoms with Crippen molar-refractivity contribution in [2.45, 2.75) is 24.3 Å². The van der Waals surface area contributed by atoms with E-state index in [4.69, 9.17) is 0 Å². The lowest BCUT2D eigenvalue weighted by Gasteiger charge is -2.09. The van der Waals surface area contributed by atoms with Gasteiger partial charge >= 0.3 is 5.97 Å². The summed E-state index contributed by atoms with van der Waals surface area (Å²) in [6, 6.07) is 3.97. The van der Waals surface area contributed by atoms with E-state index in [1.165, 1.54) is 12.7 Å². The van der Waals surface area contributed by atoms with Crippen LogP contribution in [-0.2, 0) is 15.3 Å². The number of ether oxygens (including phenoxy) is 1. The molecule has 0 aromatic carbocycles. The van der Waals surface area contributed by atoms with Crippen molar-refractivity contribution in [3.05, 3.63) is 30.1 Å². The third kappa shape index (κ3) is 4.83. The highest BCUT2D eigenvalue weighted by Crippen LogP contribution is 2.19. The number of hydrogen-bond acceptors (Lipinski definition) is 4. The fourth-order valence-corrected chi connectivity index (χ4v) is 2.02. The standard InChI is InChI=1S/C11H15NO2S/c1-9(7-11(13)14-2)15-8-10-3-5-12-6-4-10/h3-6,9H,7-8H2,1-2H3. The Bertz CT molecular complexity index is 303. The Morgan fingerprint density at radius 2 is 2.20 bits per heavy atom. The van der Waals surface area contributed by atoms with Crippen molar-refractivity contribution in [2.24, 2.45) is 0 Å². The number of thioether (sulfide) groups is 1. The number of aromatic nitrogens is 1. The molecule has 4 heteroatoms. The molecule has 0 amide bonds. The van der Waals surface area contributed by atoms with E-state index in [-0.39, 0.29) is 11.2 Å². The van der Waals surface area contributed by atoms with Crippen LogP contribution in [0.5, 0.6) is 0 Å². The zero-order chi connectivity index (χ0) is 11.1. The summed E-state index contributed by atoms with van der Waals surface area (Å²) >= 11 is 1.74. The van der Waals surface area contributed by atoms with E-state index < -0.39 is 0 Å². The maximum absolute atomic E-state index is 11.0. The lowest BCUT2D eigenvalue weighted by Crippen LogP contribution is -2.08. The smallest absolute Gasteiger partial charge is 0.306 e. The van der Waals surface area contributed by atoms with Crippen molar-refractivity contribution >= 4 is 17.7 Å². The first kappa shape index (κ1) is 12.0. The van der Waals surface area contributed by atoms with Crippen molar-refractivity contribution in [2.75, 3.05) is 7.11 Å². The van der Waals surface area contributed by atoms with Crippen molar-refractivity contribution < 1.29 is 9.53 Å². The van der Waals surface area contributed by atoms with Gasteiger partial charge in [-0.3, -0.25) is 9.78 Å². The summed E-state index contributed by atoms with van der Waals surface area (Å²) in [7, 11) is 1.42. The number of nitrogens with zero attached hydrogens (tertiary/aromatic N) is 1. The van der Waals surface area contributed by atoms with Crippen LogP contribution in [0.3, 0.4) is 0 Å². The van der Waals surface area contributed by atoms with Crippen LogP contribution < -0.4 is 0 Å². The second-order valence-electron chi connectivity index (χ2n) is 3.26. The molecule has 1 aromatic rings. The Balaban J connectivity index is 2.28. The van der Waals surface area contributed by atoms with Gasteiger partial charge in [-0.05, 0) is 17.7 Å². The molecule has 82 valence electrons. The summed E-state index contributed by atoms with van der Waals surface area (Å²) in [6.45, 7) is 2.03. The Morgan fingerprint density at radius 1 is 1.53 bits per heavy atom. The Hall–Kier alpha value is -1.03. The monoisotopic (exact) mass is 225 g/mol. The second-order valence-corrected chi connectivity index (χ2v) is 4.68. The molecule has 1 atom stereocenters. The quantitative estimate of drug-likeness (QED) is 0.721. The Morgan fingerprint density at radius 3 is 2.80 bits per heavy atom. The number of rotatable bonds is 5. The molecule has 3 nitrogen and oxygen atoms in total. The van der Waals surface area contributed by atoms with Gasteiger partial charge in [0.15, 0.2) is 0 Å². The minimum absolute atomic E-state index is 0.148. The van der Waals surface area contributed by atoms with Gasteiger partial charge in [-0.15, -0.1) is 0 Å². The first-order chi connectivity index (χ1) is 7.22. The Labute approximate surface area is 94.2 Å². The van der Waals surface area contributed by atoms with Crippen LogP contribution in [0, 0.1) is 0 Å². The largest absolute Gasteiger partial charge is 0.469 e. The maximum Gasteiger partial charge on any atom is 0.306 e. The van der Waals surface area contributed by atoms with E-state index in [2.05, 4.69) is 9.72 Å². The number of methoxy groups -OCH3 is 1. The third-order valence-corrected chi connectivity index (χ3v) is 3.20. The summed E-state index contributed by atoms with van der Waals surface area (Å²) in [5.74, 6) is 0.755. The van der Waals surface area contributed by atoms with Crippen molar-refractivity contribution in [1.29, 1.82) is 0 Å². The molecule has 0 radical (unpaired) electrons.